The molecule has 5 nitrogen and oxygen atoms in total. The van der Waals surface area contributed by atoms with Gasteiger partial charge in [0.25, 0.3) is 0 Å². The maximum atomic E-state index is 12.1. The minimum atomic E-state index is -0.676. The largest absolute Gasteiger partial charge is 0.389 e. The van der Waals surface area contributed by atoms with Crippen LogP contribution in [0.15, 0.2) is 30.5 Å². The van der Waals surface area contributed by atoms with Crippen molar-refractivity contribution in [2.45, 2.75) is 26.4 Å². The van der Waals surface area contributed by atoms with Crippen molar-refractivity contribution in [2.75, 3.05) is 19.8 Å². The molecule has 126 valence electrons. The molecule has 2 N–H and O–H groups in total. The van der Waals surface area contributed by atoms with E-state index in [9.17, 15) is 9.90 Å². The summed E-state index contributed by atoms with van der Waals surface area (Å²) in [5, 5.41) is 13.7. The van der Waals surface area contributed by atoms with E-state index in [2.05, 4.69) is 19.2 Å². The van der Waals surface area contributed by atoms with Gasteiger partial charge in [0.05, 0.1) is 19.1 Å². The van der Waals surface area contributed by atoms with Crippen LogP contribution < -0.4 is 5.32 Å². The first-order chi connectivity index (χ1) is 11.0. The fourth-order valence-corrected chi connectivity index (χ4v) is 2.53. The normalized spacial score (nSPS) is 12.7. The summed E-state index contributed by atoms with van der Waals surface area (Å²) in [5.41, 5.74) is 2.10. The topological polar surface area (TPSA) is 63.5 Å². The zero-order valence-electron chi connectivity index (χ0n) is 14.1. The van der Waals surface area contributed by atoms with Crippen molar-refractivity contribution in [1.82, 2.24) is 9.88 Å². The van der Waals surface area contributed by atoms with Gasteiger partial charge in [0.1, 0.15) is 0 Å². The maximum Gasteiger partial charge on any atom is 0.224 e. The number of carbonyl (C=O) groups is 1. The van der Waals surface area contributed by atoms with E-state index in [0.29, 0.717) is 18.9 Å². The van der Waals surface area contributed by atoms with Crippen molar-refractivity contribution in [3.05, 3.63) is 36.0 Å². The molecule has 0 saturated heterocycles. The average Bonchev–Trinajstić information content (AvgIpc) is 2.82. The van der Waals surface area contributed by atoms with Gasteiger partial charge >= 0.3 is 0 Å². The van der Waals surface area contributed by atoms with Crippen LogP contribution in [-0.2, 0) is 23.0 Å². The fraction of sp³-hybridized carbons (Fsp3) is 0.500. The van der Waals surface area contributed by atoms with Crippen LogP contribution in [0.5, 0.6) is 0 Å². The second-order valence-corrected chi connectivity index (χ2v) is 6.35. The van der Waals surface area contributed by atoms with Crippen LogP contribution in [0.25, 0.3) is 10.9 Å². The summed E-state index contributed by atoms with van der Waals surface area (Å²) in [6.07, 6.45) is 1.61. The molecule has 1 amide bonds. The Morgan fingerprint density at radius 2 is 2.04 bits per heavy atom. The van der Waals surface area contributed by atoms with Crippen molar-refractivity contribution in [1.29, 1.82) is 0 Å². The van der Waals surface area contributed by atoms with E-state index in [1.807, 2.05) is 42.1 Å². The number of hydrogen-bond donors (Lipinski definition) is 2. The molecule has 2 rings (SSSR count). The lowest BCUT2D eigenvalue weighted by molar-refractivity contribution is -0.121. The SMILES string of the molecule is CC(C)COCC(O)CNC(=O)Cc1cn(C)c2ccccc12. The van der Waals surface area contributed by atoms with Gasteiger partial charge in [0.15, 0.2) is 0 Å². The highest BCUT2D eigenvalue weighted by molar-refractivity contribution is 5.89. The van der Waals surface area contributed by atoms with Gasteiger partial charge in [-0.15, -0.1) is 0 Å². The number of hydrogen-bond acceptors (Lipinski definition) is 3. The number of ether oxygens (including phenoxy) is 1. The first-order valence-corrected chi connectivity index (χ1v) is 8.02. The molecule has 0 radical (unpaired) electrons. The summed E-state index contributed by atoms with van der Waals surface area (Å²) in [6, 6.07) is 8.01. The lowest BCUT2D eigenvalue weighted by atomic mass is 10.1. The number of aromatic nitrogens is 1. The van der Waals surface area contributed by atoms with E-state index < -0.39 is 6.10 Å². The zero-order valence-corrected chi connectivity index (χ0v) is 14.1. The van der Waals surface area contributed by atoms with Crippen molar-refractivity contribution in [3.8, 4) is 0 Å². The fourth-order valence-electron chi connectivity index (χ4n) is 2.53. The number of aryl methyl sites for hydroxylation is 1. The van der Waals surface area contributed by atoms with Gasteiger partial charge in [-0.25, -0.2) is 0 Å². The first kappa shape index (κ1) is 17.5. The van der Waals surface area contributed by atoms with E-state index in [1.54, 1.807) is 0 Å². The summed E-state index contributed by atoms with van der Waals surface area (Å²) in [4.78, 5) is 12.1. The summed E-state index contributed by atoms with van der Waals surface area (Å²) < 4.78 is 7.38. The number of aliphatic hydroxyl groups excluding tert-OH is 1. The Hall–Kier alpha value is -1.85. The van der Waals surface area contributed by atoms with E-state index in [1.165, 1.54) is 0 Å². The van der Waals surface area contributed by atoms with Gasteiger partial charge in [-0.3, -0.25) is 4.79 Å². The lowest BCUT2D eigenvalue weighted by Crippen LogP contribution is -2.35. The second-order valence-electron chi connectivity index (χ2n) is 6.35. The molecular formula is C18H26N2O3. The quantitative estimate of drug-likeness (QED) is 0.781. The van der Waals surface area contributed by atoms with Gasteiger partial charge in [-0.1, -0.05) is 32.0 Å². The lowest BCUT2D eigenvalue weighted by Gasteiger charge is -2.13. The smallest absolute Gasteiger partial charge is 0.224 e. The van der Waals surface area contributed by atoms with Crippen molar-refractivity contribution < 1.29 is 14.6 Å². The van der Waals surface area contributed by atoms with Gasteiger partial charge in [-0.05, 0) is 17.5 Å². The molecule has 0 aliphatic rings. The molecule has 0 bridgehead atoms. The van der Waals surface area contributed by atoms with Crippen molar-refractivity contribution in [2.24, 2.45) is 13.0 Å². The minimum absolute atomic E-state index is 0.0933. The molecular weight excluding hydrogens is 292 g/mol. The van der Waals surface area contributed by atoms with E-state index in [-0.39, 0.29) is 19.1 Å². The highest BCUT2D eigenvalue weighted by Gasteiger charge is 2.12. The number of rotatable bonds is 8. The number of amides is 1. The summed E-state index contributed by atoms with van der Waals surface area (Å²) in [6.45, 7) is 5.17. The van der Waals surface area contributed by atoms with Crippen LogP contribution >= 0.6 is 0 Å². The number of nitrogens with zero attached hydrogens (tertiary/aromatic N) is 1. The molecule has 0 fully saturated rings. The number of benzene rings is 1. The Balaban J connectivity index is 1.82. The van der Waals surface area contributed by atoms with E-state index in [4.69, 9.17) is 4.74 Å². The summed E-state index contributed by atoms with van der Waals surface area (Å²) in [7, 11) is 1.97. The minimum Gasteiger partial charge on any atom is -0.389 e. The number of para-hydroxylation sites is 1. The van der Waals surface area contributed by atoms with Crippen molar-refractivity contribution >= 4 is 16.8 Å². The summed E-state index contributed by atoms with van der Waals surface area (Å²) >= 11 is 0. The number of aliphatic hydroxyl groups is 1. The average molecular weight is 318 g/mol. The molecule has 1 heterocycles. The molecule has 0 aliphatic heterocycles. The third-order valence-corrected chi connectivity index (χ3v) is 3.63. The standard InChI is InChI=1S/C18H26N2O3/c1-13(2)11-23-12-15(21)9-19-18(22)8-14-10-20(3)17-7-5-4-6-16(14)17/h4-7,10,13,15,21H,8-9,11-12H2,1-3H3,(H,19,22). The van der Waals surface area contributed by atoms with Crippen LogP contribution in [0.3, 0.4) is 0 Å². The van der Waals surface area contributed by atoms with Crippen LogP contribution in [0.4, 0.5) is 0 Å². The van der Waals surface area contributed by atoms with Gasteiger partial charge < -0.3 is 19.7 Å². The molecule has 5 heteroatoms. The molecule has 23 heavy (non-hydrogen) atoms. The maximum absolute atomic E-state index is 12.1. The molecule has 1 aromatic heterocycles. The van der Waals surface area contributed by atoms with Crippen LogP contribution in [-0.4, -0.2) is 41.4 Å². The number of carbonyl (C=O) groups excluding carboxylic acids is 1. The summed E-state index contributed by atoms with van der Waals surface area (Å²) in [5.74, 6) is 0.340. The number of nitrogens with one attached hydrogen (secondary N) is 1. The Morgan fingerprint density at radius 1 is 1.30 bits per heavy atom. The van der Waals surface area contributed by atoms with E-state index >= 15 is 0 Å². The highest BCUT2D eigenvalue weighted by atomic mass is 16.5. The molecule has 0 spiro atoms. The first-order valence-electron chi connectivity index (χ1n) is 8.02. The van der Waals surface area contributed by atoms with Crippen LogP contribution in [0.1, 0.15) is 19.4 Å². The van der Waals surface area contributed by atoms with Crippen LogP contribution in [0.2, 0.25) is 0 Å². The van der Waals surface area contributed by atoms with Gasteiger partial charge in [0, 0.05) is 37.3 Å². The van der Waals surface area contributed by atoms with Crippen molar-refractivity contribution in [3.63, 3.8) is 0 Å². The predicted octanol–water partition coefficient (Wildman–Crippen LogP) is 1.87. The second kappa shape index (κ2) is 8.13. The molecule has 0 aliphatic carbocycles. The monoisotopic (exact) mass is 318 g/mol. The van der Waals surface area contributed by atoms with E-state index in [0.717, 1.165) is 16.5 Å². The highest BCUT2D eigenvalue weighted by Crippen LogP contribution is 2.20. The van der Waals surface area contributed by atoms with Crippen LogP contribution in [0, 0.1) is 5.92 Å². The molecule has 1 aromatic carbocycles. The molecule has 0 saturated carbocycles. The Kier molecular flexibility index (Phi) is 6.19. The predicted molar refractivity (Wildman–Crippen MR) is 91.3 cm³/mol. The van der Waals surface area contributed by atoms with Gasteiger partial charge in [-0.2, -0.15) is 0 Å². The third-order valence-electron chi connectivity index (χ3n) is 3.63. The Bertz CT molecular complexity index is 649. The Labute approximate surface area is 137 Å². The molecule has 1 unspecified atom stereocenters. The third kappa shape index (κ3) is 5.08. The molecule has 1 atom stereocenters. The number of fused-ring (bicyclic) bond motifs is 1. The Morgan fingerprint density at radius 3 is 2.78 bits per heavy atom. The van der Waals surface area contributed by atoms with Gasteiger partial charge in [0.2, 0.25) is 5.91 Å². The zero-order chi connectivity index (χ0) is 16.8. The molecule has 2 aromatic rings.